The molecule has 0 saturated carbocycles. The zero-order chi connectivity index (χ0) is 54.6. The van der Waals surface area contributed by atoms with Crippen molar-refractivity contribution in [3.8, 4) is 0 Å². The summed E-state index contributed by atoms with van der Waals surface area (Å²) in [7, 11) is -17.7. The number of aliphatic carboxylic acids is 1. The summed E-state index contributed by atoms with van der Waals surface area (Å²) in [5.41, 5.74) is 5.16. The third-order valence-corrected chi connectivity index (χ3v) is 15.4. The number of aryl methyl sites for hydroxylation is 2. The molecule has 4 rings (SSSR count). The molecule has 7 atom stereocenters. The van der Waals surface area contributed by atoms with Crippen LogP contribution in [0.3, 0.4) is 0 Å². The fourth-order valence-electron chi connectivity index (χ4n) is 7.66. The molecule has 73 heavy (non-hydrogen) atoms. The number of ether oxygens (including phenoxy) is 1. The van der Waals surface area contributed by atoms with Gasteiger partial charge in [0.1, 0.15) is 42.0 Å². The van der Waals surface area contributed by atoms with Gasteiger partial charge in [0.15, 0.2) is 17.7 Å². The molecule has 0 spiro atoms. The fraction of sp³-hybridized carbons (Fsp3) is 0.659. The largest absolute Gasteiger partial charge is 0.790 e. The van der Waals surface area contributed by atoms with Crippen molar-refractivity contribution in [2.75, 3.05) is 32.0 Å². The number of hydrogen-bond donors (Lipinski definition) is 6. The lowest BCUT2D eigenvalue weighted by Gasteiger charge is -2.36. The topological polar surface area (TPSA) is 412 Å². The number of carboxylic acids is 1. The number of nitrogen functional groups attached to an aromatic ring is 1. The Morgan fingerprint density at radius 3 is 2.01 bits per heavy atom. The van der Waals surface area contributed by atoms with Gasteiger partial charge >= 0.3 is 5.97 Å². The molecule has 0 radical (unpaired) electrons. The normalized spacial score (nSPS) is 19.8. The number of nitrogens with one attached hydrogen (secondary N) is 2. The molecule has 2 amide bonds. The minimum absolute atomic E-state index is 0.0271. The Morgan fingerprint density at radius 1 is 0.822 bits per heavy atom. The Kier molecular flexibility index (Phi) is 22.0. The molecule has 1 aromatic carbocycles. The second kappa shape index (κ2) is 26.1. The van der Waals surface area contributed by atoms with Crippen LogP contribution in [0.5, 0.6) is 0 Å². The number of amides is 2. The molecule has 7 N–H and O–H groups in total. The number of aliphatic hydroxyl groups excluding tert-OH is 2. The van der Waals surface area contributed by atoms with Crippen molar-refractivity contribution in [3.05, 3.63) is 48.0 Å². The number of aliphatic hydroxyl groups is 2. The number of rotatable bonds is 32. The van der Waals surface area contributed by atoms with E-state index in [0.29, 0.717) is 12.8 Å². The third-order valence-electron chi connectivity index (χ3n) is 12.4. The number of fused-ring (bicyclic) bond motifs is 1. The predicted octanol–water partition coefficient (Wildman–Crippen LogP) is 1.49. The number of nitrogens with two attached hydrogens (primary N) is 1. The smallest absolute Gasteiger partial charge is 0.309 e. The number of Topliss-reactive ketones (excluding diaryl/α,β-unsaturated/α-hetero) is 1. The van der Waals surface area contributed by atoms with Crippen molar-refractivity contribution in [2.24, 2.45) is 16.2 Å². The van der Waals surface area contributed by atoms with Crippen LogP contribution in [0.25, 0.3) is 11.2 Å². The van der Waals surface area contributed by atoms with Crippen LogP contribution in [0.4, 0.5) is 5.82 Å². The second-order valence-electron chi connectivity index (χ2n) is 19.8. The molecule has 29 heteroatoms. The summed E-state index contributed by atoms with van der Waals surface area (Å²) in [5, 5.41) is 35.8. The predicted molar refractivity (Wildman–Crippen MR) is 252 cm³/mol. The molecule has 1 aliphatic rings. The molecule has 0 bridgehead atoms. The van der Waals surface area contributed by atoms with E-state index in [1.165, 1.54) is 25.0 Å². The van der Waals surface area contributed by atoms with E-state index in [2.05, 4.69) is 67.7 Å². The SMILES string of the molecule is CC(C)(CCCCCc1ccc(CCCCC(C)(C)C(=O)CCNC(=O)CCNC(=O)C(O)C(C)(C)COP(=O)([O-])OP(=O)([O-])OCC2OC(n3cnc4c(N)ncnc43)C(O)C2OP(=O)([O-])[O-])cc1)C(=O)O. The molecule has 1 aliphatic heterocycles. The molecule has 410 valence electrons. The van der Waals surface area contributed by atoms with E-state index in [1.807, 2.05) is 13.8 Å². The molecule has 3 aromatic rings. The van der Waals surface area contributed by atoms with Crippen LogP contribution in [0.15, 0.2) is 36.9 Å². The first kappa shape index (κ1) is 61.4. The number of nitrogens with zero attached hydrogens (tertiary/aromatic N) is 4. The summed E-state index contributed by atoms with van der Waals surface area (Å²) in [5.74, 6) is -2.42. The van der Waals surface area contributed by atoms with E-state index in [9.17, 15) is 67.8 Å². The number of phosphoric acid groups is 3. The van der Waals surface area contributed by atoms with E-state index < -0.39 is 101 Å². The number of benzene rings is 1. The Hall–Kier alpha value is -4.10. The number of anilines is 1. The highest BCUT2D eigenvalue weighted by atomic mass is 31.3. The maximum Gasteiger partial charge on any atom is 0.309 e. The number of carbonyl (C=O) groups is 4. The number of carbonyl (C=O) groups excluding carboxylic acids is 3. The number of phosphoric ester groups is 3. The van der Waals surface area contributed by atoms with Crippen LogP contribution >= 0.6 is 23.5 Å². The van der Waals surface area contributed by atoms with Gasteiger partial charge in [-0.15, -0.1) is 0 Å². The molecule has 1 saturated heterocycles. The zero-order valence-corrected chi connectivity index (χ0v) is 44.2. The highest BCUT2D eigenvalue weighted by Gasteiger charge is 2.47. The Labute approximate surface area is 422 Å². The quantitative estimate of drug-likeness (QED) is 0.0381. The summed E-state index contributed by atoms with van der Waals surface area (Å²) < 4.78 is 61.0. The molecule has 1 fully saturated rings. The van der Waals surface area contributed by atoms with E-state index in [1.54, 1.807) is 13.8 Å². The molecule has 3 heterocycles. The van der Waals surface area contributed by atoms with Crippen LogP contribution in [-0.4, -0.2) is 109 Å². The maximum absolute atomic E-state index is 13.0. The van der Waals surface area contributed by atoms with Crippen LogP contribution in [-0.2, 0) is 68.3 Å². The first-order chi connectivity index (χ1) is 33.8. The number of imidazole rings is 1. The maximum atomic E-state index is 13.0. The van der Waals surface area contributed by atoms with Gasteiger partial charge in [0.2, 0.25) is 11.8 Å². The van der Waals surface area contributed by atoms with Crippen molar-refractivity contribution in [3.63, 3.8) is 0 Å². The van der Waals surface area contributed by atoms with Crippen LogP contribution in [0.2, 0.25) is 0 Å². The lowest BCUT2D eigenvalue weighted by Crippen LogP contribution is -2.46. The average Bonchev–Trinajstić information content (AvgIpc) is 3.86. The van der Waals surface area contributed by atoms with Gasteiger partial charge in [0.25, 0.3) is 15.6 Å². The first-order valence-corrected chi connectivity index (χ1v) is 27.9. The number of unbranched alkanes of at least 4 members (excludes halogenated alkanes) is 3. The summed E-state index contributed by atoms with van der Waals surface area (Å²) >= 11 is 0. The highest BCUT2D eigenvalue weighted by Crippen LogP contribution is 2.56. The standard InChI is InChI=1S/C44H70N7O19P3/c1-42(2,20-11-9-13-29-16-14-28(15-17-29)12-8-7-10-21-43(3,4)41(57)58)31(52)18-22-46-32(53)19-23-47-39(56)36(55)44(5,6)25-67-73(64,65)70-72(62,63)66-24-30-35(69-71(59,60)61)34(54)40(68-30)51-27-50-33-37(45)48-26-49-38(33)51/h14-17,26-27,30,34-36,40,54-55H,7-13,18-25H2,1-6H3,(H,46,53)(H,47,56)(H,57,58)(H,62,63)(H,64,65)(H2,45,48,49)(H2,59,60,61)/p-4. The van der Waals surface area contributed by atoms with Gasteiger partial charge in [0, 0.05) is 36.8 Å². The summed E-state index contributed by atoms with van der Waals surface area (Å²) in [6, 6.07) is 8.48. The highest BCUT2D eigenvalue weighted by molar-refractivity contribution is 7.59. The Bertz CT molecular complexity index is 2500. The number of hydrogen-bond acceptors (Lipinski definition) is 22. The molecular formula is C44H66N7O19P3-4. The molecule has 26 nitrogen and oxygen atoms in total. The minimum Gasteiger partial charge on any atom is -0.790 e. The lowest BCUT2D eigenvalue weighted by molar-refractivity contribution is -0.347. The van der Waals surface area contributed by atoms with Gasteiger partial charge in [-0.25, -0.2) is 19.3 Å². The Balaban J connectivity index is 1.12. The average molecular weight is 1090 g/mol. The number of ketones is 1. The van der Waals surface area contributed by atoms with Crippen LogP contribution in [0.1, 0.15) is 117 Å². The van der Waals surface area contributed by atoms with E-state index in [0.717, 1.165) is 62.2 Å². The first-order valence-electron chi connectivity index (χ1n) is 23.5. The van der Waals surface area contributed by atoms with Crippen molar-refractivity contribution in [2.45, 2.75) is 143 Å². The fourth-order valence-corrected chi connectivity index (χ4v) is 10.4. The summed E-state index contributed by atoms with van der Waals surface area (Å²) in [6.45, 7) is 7.12. The van der Waals surface area contributed by atoms with Gasteiger partial charge in [-0.05, 0) is 63.5 Å². The number of aromatic nitrogens is 4. The van der Waals surface area contributed by atoms with Crippen molar-refractivity contribution in [1.82, 2.24) is 30.2 Å². The van der Waals surface area contributed by atoms with E-state index >= 15 is 0 Å². The van der Waals surface area contributed by atoms with Gasteiger partial charge in [0.05, 0.1) is 32.8 Å². The second-order valence-corrected chi connectivity index (χ2v) is 23.9. The number of carboxylic acid groups (broad SMARTS) is 1. The molecule has 0 aliphatic carbocycles. The summed E-state index contributed by atoms with van der Waals surface area (Å²) in [6.07, 6.45) is 0.0218. The zero-order valence-electron chi connectivity index (χ0n) is 41.5. The van der Waals surface area contributed by atoms with Gasteiger partial charge < -0.3 is 74.1 Å². The van der Waals surface area contributed by atoms with E-state index in [-0.39, 0.29) is 48.7 Å². The van der Waals surface area contributed by atoms with Gasteiger partial charge in [-0.1, -0.05) is 71.2 Å². The van der Waals surface area contributed by atoms with Crippen LogP contribution < -0.4 is 35.9 Å². The lowest BCUT2D eigenvalue weighted by atomic mass is 9.81. The van der Waals surface area contributed by atoms with Gasteiger partial charge in [-0.2, -0.15) is 0 Å². The van der Waals surface area contributed by atoms with Crippen LogP contribution in [0, 0.1) is 16.2 Å². The molecular weight excluding hydrogens is 1020 g/mol. The molecule has 2 aromatic heterocycles. The van der Waals surface area contributed by atoms with Crippen molar-refractivity contribution >= 4 is 64.0 Å². The van der Waals surface area contributed by atoms with Gasteiger partial charge in [-0.3, -0.25) is 32.9 Å². The Morgan fingerprint density at radius 2 is 1.40 bits per heavy atom. The summed E-state index contributed by atoms with van der Waals surface area (Å²) in [4.78, 5) is 109. The molecule has 7 unspecified atom stereocenters. The van der Waals surface area contributed by atoms with Crippen molar-refractivity contribution < 1.29 is 90.4 Å². The minimum atomic E-state index is -5.94. The van der Waals surface area contributed by atoms with Crippen molar-refractivity contribution in [1.29, 1.82) is 0 Å². The van der Waals surface area contributed by atoms with E-state index in [4.69, 9.17) is 10.5 Å². The third kappa shape index (κ3) is 19.2. The monoisotopic (exact) mass is 1090 g/mol.